The normalized spacial score (nSPS) is 13.9. The van der Waals surface area contributed by atoms with Gasteiger partial charge in [0.2, 0.25) is 5.91 Å². The number of nitrogens with one attached hydrogen (secondary N) is 2. The predicted octanol–water partition coefficient (Wildman–Crippen LogP) is 2.64. The van der Waals surface area contributed by atoms with Crippen LogP contribution in [-0.4, -0.2) is 18.5 Å². The zero-order chi connectivity index (χ0) is 13.4. The SMILES string of the molecule is CCCC(C)NC(=O)CNC(C)c1ccccc1. The fourth-order valence-corrected chi connectivity index (χ4v) is 1.94. The van der Waals surface area contributed by atoms with Crippen molar-refractivity contribution in [3.05, 3.63) is 35.9 Å². The highest BCUT2D eigenvalue weighted by atomic mass is 16.1. The molecule has 100 valence electrons. The minimum atomic E-state index is 0.0683. The molecule has 0 spiro atoms. The number of amides is 1. The molecule has 1 aromatic rings. The molecule has 0 aliphatic carbocycles. The van der Waals surface area contributed by atoms with Crippen LogP contribution in [0.2, 0.25) is 0 Å². The van der Waals surface area contributed by atoms with Gasteiger partial charge in [0.25, 0.3) is 0 Å². The van der Waals surface area contributed by atoms with Crippen molar-refractivity contribution in [2.24, 2.45) is 0 Å². The largest absolute Gasteiger partial charge is 0.353 e. The van der Waals surface area contributed by atoms with Crippen molar-refractivity contribution < 1.29 is 4.79 Å². The molecule has 0 bridgehead atoms. The lowest BCUT2D eigenvalue weighted by Gasteiger charge is -2.16. The maximum absolute atomic E-state index is 11.7. The van der Waals surface area contributed by atoms with Crippen molar-refractivity contribution >= 4 is 5.91 Å². The third-order valence-corrected chi connectivity index (χ3v) is 3.00. The Hall–Kier alpha value is -1.35. The van der Waals surface area contributed by atoms with Gasteiger partial charge in [-0.1, -0.05) is 43.7 Å². The minimum Gasteiger partial charge on any atom is -0.353 e. The van der Waals surface area contributed by atoms with Gasteiger partial charge >= 0.3 is 0 Å². The lowest BCUT2D eigenvalue weighted by molar-refractivity contribution is -0.121. The molecule has 3 heteroatoms. The Kier molecular flexibility index (Phi) is 6.44. The molecular formula is C15H24N2O. The van der Waals surface area contributed by atoms with E-state index in [4.69, 9.17) is 0 Å². The number of hydrogen-bond acceptors (Lipinski definition) is 2. The second-order valence-corrected chi connectivity index (χ2v) is 4.77. The van der Waals surface area contributed by atoms with E-state index in [1.165, 1.54) is 5.56 Å². The van der Waals surface area contributed by atoms with Gasteiger partial charge in [0.15, 0.2) is 0 Å². The van der Waals surface area contributed by atoms with E-state index in [2.05, 4.69) is 36.6 Å². The van der Waals surface area contributed by atoms with Gasteiger partial charge in [-0.25, -0.2) is 0 Å². The average molecular weight is 248 g/mol. The zero-order valence-corrected chi connectivity index (χ0v) is 11.6. The molecule has 2 unspecified atom stereocenters. The van der Waals surface area contributed by atoms with Gasteiger partial charge in [-0.3, -0.25) is 4.79 Å². The number of carbonyl (C=O) groups excluding carboxylic acids is 1. The molecule has 2 N–H and O–H groups in total. The van der Waals surface area contributed by atoms with E-state index in [0.717, 1.165) is 12.8 Å². The van der Waals surface area contributed by atoms with Gasteiger partial charge in [0.05, 0.1) is 6.54 Å². The van der Waals surface area contributed by atoms with Crippen molar-refractivity contribution in [3.8, 4) is 0 Å². The molecular weight excluding hydrogens is 224 g/mol. The highest BCUT2D eigenvalue weighted by Crippen LogP contribution is 2.10. The van der Waals surface area contributed by atoms with Gasteiger partial charge in [0.1, 0.15) is 0 Å². The lowest BCUT2D eigenvalue weighted by atomic mass is 10.1. The van der Waals surface area contributed by atoms with Crippen LogP contribution in [0.4, 0.5) is 0 Å². The van der Waals surface area contributed by atoms with Gasteiger partial charge in [0, 0.05) is 12.1 Å². The Morgan fingerprint density at radius 2 is 1.89 bits per heavy atom. The molecule has 0 fully saturated rings. The quantitative estimate of drug-likeness (QED) is 0.779. The Morgan fingerprint density at radius 3 is 2.50 bits per heavy atom. The fourth-order valence-electron chi connectivity index (χ4n) is 1.94. The van der Waals surface area contributed by atoms with Crippen molar-refractivity contribution in [3.63, 3.8) is 0 Å². The van der Waals surface area contributed by atoms with Gasteiger partial charge in [-0.15, -0.1) is 0 Å². The van der Waals surface area contributed by atoms with Crippen LogP contribution in [0.3, 0.4) is 0 Å². The smallest absolute Gasteiger partial charge is 0.234 e. The van der Waals surface area contributed by atoms with Crippen LogP contribution in [0.5, 0.6) is 0 Å². The molecule has 0 saturated heterocycles. The van der Waals surface area contributed by atoms with Crippen LogP contribution in [0, 0.1) is 0 Å². The van der Waals surface area contributed by atoms with Gasteiger partial charge in [-0.05, 0) is 25.8 Å². The standard InChI is InChI=1S/C15H24N2O/c1-4-8-12(2)17-15(18)11-16-13(3)14-9-6-5-7-10-14/h5-7,9-10,12-13,16H,4,8,11H2,1-3H3,(H,17,18). The summed E-state index contributed by atoms with van der Waals surface area (Å²) < 4.78 is 0. The van der Waals surface area contributed by atoms with Crippen molar-refractivity contribution in [2.75, 3.05) is 6.54 Å². The monoisotopic (exact) mass is 248 g/mol. The number of hydrogen-bond donors (Lipinski definition) is 2. The van der Waals surface area contributed by atoms with E-state index in [1.807, 2.05) is 25.1 Å². The Balaban J connectivity index is 2.30. The van der Waals surface area contributed by atoms with Crippen LogP contribution < -0.4 is 10.6 Å². The molecule has 3 nitrogen and oxygen atoms in total. The summed E-state index contributed by atoms with van der Waals surface area (Å²) in [6, 6.07) is 10.6. The van der Waals surface area contributed by atoms with Crippen molar-refractivity contribution in [1.29, 1.82) is 0 Å². The first-order valence-corrected chi connectivity index (χ1v) is 6.71. The third-order valence-electron chi connectivity index (χ3n) is 3.00. The maximum Gasteiger partial charge on any atom is 0.234 e. The van der Waals surface area contributed by atoms with Gasteiger partial charge < -0.3 is 10.6 Å². The molecule has 18 heavy (non-hydrogen) atoms. The van der Waals surface area contributed by atoms with Crippen LogP contribution in [0.15, 0.2) is 30.3 Å². The second kappa shape index (κ2) is 7.88. The lowest BCUT2D eigenvalue weighted by Crippen LogP contribution is -2.39. The van der Waals surface area contributed by atoms with E-state index in [-0.39, 0.29) is 18.0 Å². The Labute approximate surface area is 110 Å². The molecule has 1 aromatic carbocycles. The summed E-state index contributed by atoms with van der Waals surface area (Å²) in [7, 11) is 0. The molecule has 1 rings (SSSR count). The van der Waals surface area contributed by atoms with E-state index < -0.39 is 0 Å². The molecule has 0 radical (unpaired) electrons. The van der Waals surface area contributed by atoms with E-state index in [0.29, 0.717) is 6.54 Å². The first-order chi connectivity index (χ1) is 8.63. The van der Waals surface area contributed by atoms with Crippen LogP contribution in [0.1, 0.15) is 45.2 Å². The molecule has 1 amide bonds. The first kappa shape index (κ1) is 14.7. The summed E-state index contributed by atoms with van der Waals surface area (Å²) in [5, 5.41) is 6.22. The third kappa shape index (κ3) is 5.32. The second-order valence-electron chi connectivity index (χ2n) is 4.77. The Morgan fingerprint density at radius 1 is 1.22 bits per heavy atom. The zero-order valence-electron chi connectivity index (χ0n) is 11.6. The van der Waals surface area contributed by atoms with Crippen molar-refractivity contribution in [1.82, 2.24) is 10.6 Å². The highest BCUT2D eigenvalue weighted by Gasteiger charge is 2.09. The topological polar surface area (TPSA) is 41.1 Å². The van der Waals surface area contributed by atoms with E-state index in [9.17, 15) is 4.79 Å². The highest BCUT2D eigenvalue weighted by molar-refractivity contribution is 5.78. The molecule has 0 heterocycles. The molecule has 0 saturated carbocycles. The number of carbonyl (C=O) groups is 1. The molecule has 0 aromatic heterocycles. The van der Waals surface area contributed by atoms with Crippen LogP contribution >= 0.6 is 0 Å². The van der Waals surface area contributed by atoms with E-state index in [1.54, 1.807) is 0 Å². The number of benzene rings is 1. The summed E-state index contributed by atoms with van der Waals surface area (Å²) in [5.41, 5.74) is 1.20. The molecule has 2 atom stereocenters. The minimum absolute atomic E-state index is 0.0683. The summed E-state index contributed by atoms with van der Waals surface area (Å²) in [5.74, 6) is 0.0683. The molecule has 0 aliphatic rings. The first-order valence-electron chi connectivity index (χ1n) is 6.71. The summed E-state index contributed by atoms with van der Waals surface area (Å²) in [6.45, 7) is 6.60. The predicted molar refractivity (Wildman–Crippen MR) is 75.4 cm³/mol. The summed E-state index contributed by atoms with van der Waals surface area (Å²) >= 11 is 0. The maximum atomic E-state index is 11.7. The summed E-state index contributed by atoms with van der Waals surface area (Å²) in [4.78, 5) is 11.7. The van der Waals surface area contributed by atoms with Crippen LogP contribution in [0.25, 0.3) is 0 Å². The van der Waals surface area contributed by atoms with Crippen LogP contribution in [-0.2, 0) is 4.79 Å². The number of rotatable bonds is 7. The molecule has 0 aliphatic heterocycles. The van der Waals surface area contributed by atoms with Crippen molar-refractivity contribution in [2.45, 2.75) is 45.7 Å². The van der Waals surface area contributed by atoms with Gasteiger partial charge in [-0.2, -0.15) is 0 Å². The fraction of sp³-hybridized carbons (Fsp3) is 0.533. The van der Waals surface area contributed by atoms with E-state index >= 15 is 0 Å². The Bertz CT molecular complexity index is 351. The summed E-state index contributed by atoms with van der Waals surface area (Å²) in [6.07, 6.45) is 2.12. The average Bonchev–Trinajstić information content (AvgIpc) is 2.37.